The maximum atomic E-state index is 12.7. The summed E-state index contributed by atoms with van der Waals surface area (Å²) in [6.07, 6.45) is 5.88. The normalized spacial score (nSPS) is 17.9. The van der Waals surface area contributed by atoms with Gasteiger partial charge >= 0.3 is 0 Å². The molecule has 1 amide bonds. The van der Waals surface area contributed by atoms with Gasteiger partial charge in [-0.3, -0.25) is 4.79 Å². The highest BCUT2D eigenvalue weighted by atomic mass is 16.3. The average Bonchev–Trinajstić information content (AvgIpc) is 3.08. The lowest BCUT2D eigenvalue weighted by Gasteiger charge is -2.33. The highest BCUT2D eigenvalue weighted by Gasteiger charge is 2.28. The van der Waals surface area contributed by atoms with E-state index < -0.39 is 0 Å². The average molecular weight is 342 g/mol. The first-order valence-corrected chi connectivity index (χ1v) is 8.78. The van der Waals surface area contributed by atoms with Crippen LogP contribution in [0.15, 0.2) is 36.7 Å². The zero-order chi connectivity index (χ0) is 17.8. The van der Waals surface area contributed by atoms with Gasteiger partial charge in [-0.15, -0.1) is 0 Å². The summed E-state index contributed by atoms with van der Waals surface area (Å²) < 4.78 is 2.20. The number of likely N-dealkylation sites (N-methyl/N-ethyl adjacent to an activating group) is 1. The van der Waals surface area contributed by atoms with Crippen LogP contribution in [-0.2, 0) is 6.54 Å². The summed E-state index contributed by atoms with van der Waals surface area (Å²) in [5.74, 6) is 1.42. The molecule has 1 aromatic heterocycles. The number of phenolic OH excluding ortho intramolecular Hbond substituents is 1. The molecule has 1 unspecified atom stereocenters. The van der Waals surface area contributed by atoms with Gasteiger partial charge in [-0.2, -0.15) is 0 Å². The number of rotatable bonds is 5. The number of hydrogen-bond acceptors (Lipinski definition) is 4. The van der Waals surface area contributed by atoms with Gasteiger partial charge in [-0.05, 0) is 45.1 Å². The Morgan fingerprint density at radius 3 is 3.00 bits per heavy atom. The minimum atomic E-state index is -0.0213. The standard InChI is InChI=1S/C19H26N4O2/c1-21(2)11-12-22-10-8-20-18(22)16-6-4-9-23(14-16)19(25)15-5-3-7-17(24)13-15/h3,5,7-8,10,13,16,24H,4,6,9,11-12,14H2,1-2H3. The fraction of sp³-hybridized carbons (Fsp3) is 0.474. The maximum Gasteiger partial charge on any atom is 0.254 e. The van der Waals surface area contributed by atoms with Crippen molar-refractivity contribution in [3.05, 3.63) is 48.0 Å². The van der Waals surface area contributed by atoms with Crippen LogP contribution in [0.2, 0.25) is 0 Å². The van der Waals surface area contributed by atoms with Crippen LogP contribution in [-0.4, -0.2) is 64.1 Å². The molecule has 3 rings (SSSR count). The van der Waals surface area contributed by atoms with E-state index in [-0.39, 0.29) is 17.6 Å². The summed E-state index contributed by atoms with van der Waals surface area (Å²) in [6.45, 7) is 3.29. The molecule has 1 aliphatic rings. The van der Waals surface area contributed by atoms with Crippen LogP contribution in [0.3, 0.4) is 0 Å². The van der Waals surface area contributed by atoms with Crippen molar-refractivity contribution >= 4 is 5.91 Å². The van der Waals surface area contributed by atoms with Crippen LogP contribution >= 0.6 is 0 Å². The third kappa shape index (κ3) is 4.20. The molecular weight excluding hydrogens is 316 g/mol. The Labute approximate surface area is 148 Å². The molecule has 1 saturated heterocycles. The number of benzene rings is 1. The number of aromatic nitrogens is 2. The zero-order valence-corrected chi connectivity index (χ0v) is 14.9. The molecule has 2 aromatic rings. The van der Waals surface area contributed by atoms with Gasteiger partial charge in [0.05, 0.1) is 0 Å². The lowest BCUT2D eigenvalue weighted by Crippen LogP contribution is -2.39. The van der Waals surface area contributed by atoms with Crippen molar-refractivity contribution in [1.82, 2.24) is 19.4 Å². The molecule has 25 heavy (non-hydrogen) atoms. The Kier molecular flexibility index (Phi) is 5.38. The number of carbonyl (C=O) groups excluding carboxylic acids is 1. The van der Waals surface area contributed by atoms with E-state index in [0.29, 0.717) is 12.1 Å². The number of amides is 1. The van der Waals surface area contributed by atoms with Crippen molar-refractivity contribution in [3.8, 4) is 5.75 Å². The quantitative estimate of drug-likeness (QED) is 0.905. The van der Waals surface area contributed by atoms with Gasteiger partial charge in [0, 0.05) is 50.1 Å². The zero-order valence-electron chi connectivity index (χ0n) is 14.9. The molecule has 1 fully saturated rings. The van der Waals surface area contributed by atoms with Crippen LogP contribution in [0.5, 0.6) is 5.75 Å². The summed E-state index contributed by atoms with van der Waals surface area (Å²) in [4.78, 5) is 21.4. The van der Waals surface area contributed by atoms with Gasteiger partial charge in [0.25, 0.3) is 5.91 Å². The highest BCUT2D eigenvalue weighted by molar-refractivity contribution is 5.94. The van der Waals surface area contributed by atoms with Gasteiger partial charge in [-0.25, -0.2) is 4.98 Å². The minimum absolute atomic E-state index is 0.0213. The van der Waals surface area contributed by atoms with Gasteiger partial charge in [0.15, 0.2) is 0 Å². The Balaban J connectivity index is 1.71. The maximum absolute atomic E-state index is 12.7. The predicted octanol–water partition coefficient (Wildman–Crippen LogP) is 2.17. The van der Waals surface area contributed by atoms with E-state index in [0.717, 1.165) is 38.3 Å². The summed E-state index contributed by atoms with van der Waals surface area (Å²) in [5, 5.41) is 9.61. The van der Waals surface area contributed by atoms with E-state index in [2.05, 4.69) is 28.5 Å². The lowest BCUT2D eigenvalue weighted by molar-refractivity contribution is 0.0702. The van der Waals surface area contributed by atoms with Crippen molar-refractivity contribution in [1.29, 1.82) is 0 Å². The van der Waals surface area contributed by atoms with Crippen LogP contribution in [0.25, 0.3) is 0 Å². The third-order valence-electron chi connectivity index (χ3n) is 4.70. The molecular formula is C19H26N4O2. The summed E-state index contributed by atoms with van der Waals surface area (Å²) in [5.41, 5.74) is 0.539. The molecule has 0 bridgehead atoms. The first-order chi connectivity index (χ1) is 12.0. The van der Waals surface area contributed by atoms with Gasteiger partial charge in [-0.1, -0.05) is 6.07 Å². The molecule has 6 nitrogen and oxygen atoms in total. The largest absolute Gasteiger partial charge is 0.508 e. The molecule has 1 atom stereocenters. The Hall–Kier alpha value is -2.34. The van der Waals surface area contributed by atoms with E-state index >= 15 is 0 Å². The molecule has 0 spiro atoms. The number of likely N-dealkylation sites (tertiary alicyclic amines) is 1. The first-order valence-electron chi connectivity index (χ1n) is 8.78. The van der Waals surface area contributed by atoms with Gasteiger partial charge in [0.2, 0.25) is 0 Å². The van der Waals surface area contributed by atoms with E-state index in [1.807, 2.05) is 17.3 Å². The second-order valence-corrected chi connectivity index (χ2v) is 6.92. The molecule has 6 heteroatoms. The lowest BCUT2D eigenvalue weighted by atomic mass is 9.96. The predicted molar refractivity (Wildman–Crippen MR) is 96.8 cm³/mol. The van der Waals surface area contributed by atoms with Crippen LogP contribution in [0.1, 0.15) is 34.9 Å². The molecule has 2 heterocycles. The van der Waals surface area contributed by atoms with Crippen LogP contribution in [0.4, 0.5) is 0 Å². The van der Waals surface area contributed by atoms with Crippen LogP contribution in [0, 0.1) is 0 Å². The molecule has 1 N–H and O–H groups in total. The van der Waals surface area contributed by atoms with Crippen LogP contribution < -0.4 is 0 Å². The Morgan fingerprint density at radius 2 is 2.24 bits per heavy atom. The summed E-state index contributed by atoms with van der Waals surface area (Å²) >= 11 is 0. The molecule has 1 aliphatic heterocycles. The number of piperidine rings is 1. The summed E-state index contributed by atoms with van der Waals surface area (Å²) in [7, 11) is 4.12. The van der Waals surface area contributed by atoms with Gasteiger partial charge < -0.3 is 19.5 Å². The van der Waals surface area contributed by atoms with Crippen molar-refractivity contribution < 1.29 is 9.90 Å². The number of phenols is 1. The number of hydrogen-bond donors (Lipinski definition) is 1. The third-order valence-corrected chi connectivity index (χ3v) is 4.70. The highest BCUT2D eigenvalue weighted by Crippen LogP contribution is 2.27. The number of aromatic hydroxyl groups is 1. The fourth-order valence-corrected chi connectivity index (χ4v) is 3.37. The molecule has 1 aromatic carbocycles. The number of imidazole rings is 1. The fourth-order valence-electron chi connectivity index (χ4n) is 3.37. The molecule has 0 saturated carbocycles. The van der Waals surface area contributed by atoms with Crippen molar-refractivity contribution in [3.63, 3.8) is 0 Å². The molecule has 134 valence electrons. The first kappa shape index (κ1) is 17.5. The van der Waals surface area contributed by atoms with Crippen molar-refractivity contribution in [2.45, 2.75) is 25.3 Å². The SMILES string of the molecule is CN(C)CCn1ccnc1C1CCCN(C(=O)c2cccc(O)c2)C1. The number of nitrogens with zero attached hydrogens (tertiary/aromatic N) is 4. The van der Waals surface area contributed by atoms with Gasteiger partial charge in [0.1, 0.15) is 11.6 Å². The minimum Gasteiger partial charge on any atom is -0.508 e. The second kappa shape index (κ2) is 7.70. The monoisotopic (exact) mass is 342 g/mol. The Morgan fingerprint density at radius 1 is 1.40 bits per heavy atom. The topological polar surface area (TPSA) is 61.6 Å². The van der Waals surface area contributed by atoms with E-state index in [4.69, 9.17) is 0 Å². The van der Waals surface area contributed by atoms with E-state index in [1.165, 1.54) is 6.07 Å². The molecule has 0 aliphatic carbocycles. The Bertz CT molecular complexity index is 726. The van der Waals surface area contributed by atoms with E-state index in [9.17, 15) is 9.90 Å². The second-order valence-electron chi connectivity index (χ2n) is 6.92. The molecule has 0 radical (unpaired) electrons. The van der Waals surface area contributed by atoms with E-state index in [1.54, 1.807) is 18.2 Å². The van der Waals surface area contributed by atoms with Crippen molar-refractivity contribution in [2.75, 3.05) is 33.7 Å². The smallest absolute Gasteiger partial charge is 0.254 e. The summed E-state index contributed by atoms with van der Waals surface area (Å²) in [6, 6.07) is 6.57. The van der Waals surface area contributed by atoms with Crippen molar-refractivity contribution in [2.24, 2.45) is 0 Å². The number of carbonyl (C=O) groups is 1.